The summed E-state index contributed by atoms with van der Waals surface area (Å²) < 4.78 is 5.92. The second-order valence-corrected chi connectivity index (χ2v) is 8.36. The fraction of sp³-hybridized carbons (Fsp3) is 0.733. The normalized spacial score (nSPS) is 19.0. The number of nitrogen functional groups attached to an aromatic ring is 1. The zero-order chi connectivity index (χ0) is 18.1. The number of nitrogens with zero attached hydrogens (tertiary/aromatic N) is 4. The van der Waals surface area contributed by atoms with Crippen LogP contribution in [0.4, 0.5) is 16.6 Å². The van der Waals surface area contributed by atoms with Crippen LogP contribution in [0.1, 0.15) is 40.5 Å². The first-order valence-corrected chi connectivity index (χ1v) is 8.69. The van der Waals surface area contributed by atoms with Crippen molar-refractivity contribution in [3.05, 3.63) is 4.60 Å². The lowest BCUT2D eigenvalue weighted by atomic mass is 9.67. The molecule has 0 spiro atoms. The Balaban J connectivity index is 2.13. The van der Waals surface area contributed by atoms with E-state index in [9.17, 15) is 4.79 Å². The van der Waals surface area contributed by atoms with E-state index in [0.29, 0.717) is 16.4 Å². The van der Waals surface area contributed by atoms with Gasteiger partial charge in [-0.25, -0.2) is 4.79 Å². The van der Waals surface area contributed by atoms with Crippen LogP contribution in [0.25, 0.3) is 0 Å². The van der Waals surface area contributed by atoms with E-state index in [-0.39, 0.29) is 16.9 Å². The SMILES string of the molecule is CC(C)(C)C(OC(N)=O)C1(C)CCN(c2nnc(Br)c(N)n2)CC1. The number of carbonyl (C=O) groups excluding carboxylic acids is 1. The number of hydrogen-bond acceptors (Lipinski definition) is 7. The number of nitrogens with two attached hydrogens (primary N) is 2. The number of hydrogen-bond donors (Lipinski definition) is 2. The summed E-state index contributed by atoms with van der Waals surface area (Å²) in [5.41, 5.74) is 10.7. The minimum absolute atomic E-state index is 0.169. The zero-order valence-electron chi connectivity index (χ0n) is 14.5. The van der Waals surface area contributed by atoms with Crippen molar-refractivity contribution in [1.29, 1.82) is 0 Å². The van der Waals surface area contributed by atoms with Crippen LogP contribution in [0.15, 0.2) is 4.60 Å². The van der Waals surface area contributed by atoms with E-state index in [0.717, 1.165) is 25.9 Å². The van der Waals surface area contributed by atoms with Crippen LogP contribution >= 0.6 is 15.9 Å². The van der Waals surface area contributed by atoms with Gasteiger partial charge in [-0.15, -0.1) is 10.2 Å². The van der Waals surface area contributed by atoms with E-state index in [4.69, 9.17) is 16.2 Å². The first kappa shape index (κ1) is 18.7. The Kier molecular flexibility index (Phi) is 5.22. The molecule has 1 atom stereocenters. The van der Waals surface area contributed by atoms with Crippen molar-refractivity contribution in [1.82, 2.24) is 15.2 Å². The van der Waals surface area contributed by atoms with E-state index < -0.39 is 6.09 Å². The van der Waals surface area contributed by atoms with Crippen LogP contribution in [0.5, 0.6) is 0 Å². The van der Waals surface area contributed by atoms with Gasteiger partial charge in [0.05, 0.1) is 0 Å². The van der Waals surface area contributed by atoms with Crippen LogP contribution in [0.2, 0.25) is 0 Å². The topological polar surface area (TPSA) is 120 Å². The molecule has 2 heterocycles. The molecule has 1 amide bonds. The highest BCUT2D eigenvalue weighted by Gasteiger charge is 2.46. The number of ether oxygens (including phenoxy) is 1. The Bertz CT molecular complexity index is 610. The molecule has 9 heteroatoms. The lowest BCUT2D eigenvalue weighted by Gasteiger charge is -2.47. The Morgan fingerprint density at radius 2 is 1.92 bits per heavy atom. The summed E-state index contributed by atoms with van der Waals surface area (Å²) in [4.78, 5) is 17.6. The molecule has 1 fully saturated rings. The van der Waals surface area contributed by atoms with Gasteiger partial charge in [0.25, 0.3) is 0 Å². The van der Waals surface area contributed by atoms with Gasteiger partial charge in [0, 0.05) is 18.5 Å². The standard InChI is InChI=1S/C15H25BrN6O2/c1-14(2,3)11(24-12(18)23)15(4)5-7-22(8-6-15)13-19-10(17)9(16)20-21-13/h11H,5-8H2,1-4H3,(H2,18,23)(H2,17,19,21). The molecule has 1 saturated heterocycles. The van der Waals surface area contributed by atoms with Gasteiger partial charge >= 0.3 is 6.09 Å². The summed E-state index contributed by atoms with van der Waals surface area (Å²) in [6.07, 6.45) is 0.647. The second kappa shape index (κ2) is 6.70. The summed E-state index contributed by atoms with van der Waals surface area (Å²) in [6, 6.07) is 0. The summed E-state index contributed by atoms with van der Waals surface area (Å²) in [5, 5.41) is 8.04. The fourth-order valence-electron chi connectivity index (χ4n) is 3.41. The van der Waals surface area contributed by atoms with Crippen molar-refractivity contribution in [2.75, 3.05) is 23.7 Å². The van der Waals surface area contributed by atoms with Gasteiger partial charge in [-0.2, -0.15) is 4.98 Å². The highest BCUT2D eigenvalue weighted by atomic mass is 79.9. The Morgan fingerprint density at radius 1 is 1.33 bits per heavy atom. The molecular weight excluding hydrogens is 376 g/mol. The number of piperidine rings is 1. The minimum atomic E-state index is -0.730. The number of rotatable bonds is 3. The van der Waals surface area contributed by atoms with E-state index in [2.05, 4.69) is 58.8 Å². The lowest BCUT2D eigenvalue weighted by molar-refractivity contribution is -0.0598. The van der Waals surface area contributed by atoms with Crippen molar-refractivity contribution in [3.63, 3.8) is 0 Å². The largest absolute Gasteiger partial charge is 0.445 e. The van der Waals surface area contributed by atoms with Crippen molar-refractivity contribution < 1.29 is 9.53 Å². The van der Waals surface area contributed by atoms with Gasteiger partial charge < -0.3 is 21.1 Å². The van der Waals surface area contributed by atoms with E-state index in [1.165, 1.54) is 0 Å². The van der Waals surface area contributed by atoms with Crippen LogP contribution < -0.4 is 16.4 Å². The molecular formula is C15H25BrN6O2. The maximum Gasteiger partial charge on any atom is 0.404 e. The van der Waals surface area contributed by atoms with Crippen molar-refractivity contribution in [3.8, 4) is 0 Å². The average Bonchev–Trinajstić information content (AvgIpc) is 2.47. The summed E-state index contributed by atoms with van der Waals surface area (Å²) in [7, 11) is 0. The molecule has 0 aromatic carbocycles. The Labute approximate surface area is 150 Å². The lowest BCUT2D eigenvalue weighted by Crippen LogP contribution is -2.51. The molecule has 134 valence electrons. The van der Waals surface area contributed by atoms with Gasteiger partial charge in [0.2, 0.25) is 5.95 Å². The molecule has 24 heavy (non-hydrogen) atoms. The Hall–Kier alpha value is -1.64. The molecule has 0 saturated carbocycles. The summed E-state index contributed by atoms with van der Waals surface area (Å²) in [6.45, 7) is 9.77. The minimum Gasteiger partial charge on any atom is -0.445 e. The maximum atomic E-state index is 11.3. The third kappa shape index (κ3) is 4.06. The molecule has 0 radical (unpaired) electrons. The Morgan fingerprint density at radius 3 is 2.38 bits per heavy atom. The van der Waals surface area contributed by atoms with Gasteiger partial charge in [-0.3, -0.25) is 0 Å². The molecule has 2 rings (SSSR count). The van der Waals surface area contributed by atoms with Gasteiger partial charge in [0.15, 0.2) is 10.4 Å². The van der Waals surface area contributed by atoms with Crippen LogP contribution in [-0.2, 0) is 4.74 Å². The van der Waals surface area contributed by atoms with Crippen molar-refractivity contribution in [2.45, 2.75) is 46.6 Å². The van der Waals surface area contributed by atoms with Crippen LogP contribution in [0, 0.1) is 10.8 Å². The molecule has 4 N–H and O–H groups in total. The first-order valence-electron chi connectivity index (χ1n) is 7.90. The number of primary amides is 1. The van der Waals surface area contributed by atoms with E-state index >= 15 is 0 Å². The average molecular weight is 401 g/mol. The number of halogens is 1. The van der Waals surface area contributed by atoms with E-state index in [1.54, 1.807) is 0 Å². The van der Waals surface area contributed by atoms with Gasteiger partial charge in [-0.1, -0.05) is 27.7 Å². The van der Waals surface area contributed by atoms with Crippen molar-refractivity contribution in [2.24, 2.45) is 16.6 Å². The predicted molar refractivity (Wildman–Crippen MR) is 95.4 cm³/mol. The van der Waals surface area contributed by atoms with Crippen LogP contribution in [-0.4, -0.2) is 40.5 Å². The second-order valence-electron chi connectivity index (χ2n) is 7.61. The molecule has 1 aliphatic heterocycles. The highest BCUT2D eigenvalue weighted by Crippen LogP contribution is 2.44. The molecule has 8 nitrogen and oxygen atoms in total. The van der Waals surface area contributed by atoms with Crippen molar-refractivity contribution >= 4 is 33.8 Å². The zero-order valence-corrected chi connectivity index (χ0v) is 16.1. The number of carbonyl (C=O) groups is 1. The molecule has 1 aromatic rings. The molecule has 1 aromatic heterocycles. The number of aromatic nitrogens is 3. The van der Waals surface area contributed by atoms with Gasteiger partial charge in [0.1, 0.15) is 6.10 Å². The third-order valence-electron chi connectivity index (χ3n) is 4.50. The maximum absolute atomic E-state index is 11.3. The summed E-state index contributed by atoms with van der Waals surface area (Å²) in [5.74, 6) is 0.832. The monoisotopic (exact) mass is 400 g/mol. The van der Waals surface area contributed by atoms with Crippen LogP contribution in [0.3, 0.4) is 0 Å². The molecule has 0 bridgehead atoms. The molecule has 1 unspecified atom stereocenters. The smallest absolute Gasteiger partial charge is 0.404 e. The number of anilines is 2. The van der Waals surface area contributed by atoms with E-state index in [1.807, 2.05) is 4.90 Å². The first-order chi connectivity index (χ1) is 11.0. The quantitative estimate of drug-likeness (QED) is 0.798. The molecule has 1 aliphatic rings. The summed E-state index contributed by atoms with van der Waals surface area (Å²) >= 11 is 3.20. The number of amides is 1. The fourth-order valence-corrected chi connectivity index (χ4v) is 3.58. The van der Waals surface area contributed by atoms with Gasteiger partial charge in [-0.05, 0) is 34.2 Å². The predicted octanol–water partition coefficient (Wildman–Crippen LogP) is 2.33. The highest BCUT2D eigenvalue weighted by molar-refractivity contribution is 9.10. The third-order valence-corrected chi connectivity index (χ3v) is 5.07. The molecule has 0 aliphatic carbocycles.